The van der Waals surface area contributed by atoms with Gasteiger partial charge in [0, 0.05) is 11.8 Å². The van der Waals surface area contributed by atoms with Gasteiger partial charge in [0.25, 0.3) is 0 Å². The number of carbonyl (C=O) groups is 1. The molecular formula is C16H29ClN4OS. The highest BCUT2D eigenvalue weighted by Gasteiger charge is 2.22. The van der Waals surface area contributed by atoms with Crippen LogP contribution in [0.1, 0.15) is 57.0 Å². The highest BCUT2D eigenvalue weighted by atomic mass is 35.5. The summed E-state index contributed by atoms with van der Waals surface area (Å²) in [6, 6.07) is 0. The Hall–Kier alpha value is -0.720. The second kappa shape index (κ2) is 8.94. The molecule has 0 radical (unpaired) electrons. The quantitative estimate of drug-likeness (QED) is 0.847. The molecule has 1 aromatic rings. The van der Waals surface area contributed by atoms with Crippen molar-refractivity contribution in [1.82, 2.24) is 20.8 Å². The minimum absolute atomic E-state index is 0. The van der Waals surface area contributed by atoms with Gasteiger partial charge in [-0.25, -0.2) is 0 Å². The normalized spacial score (nSPS) is 19.7. The van der Waals surface area contributed by atoms with E-state index in [9.17, 15) is 4.79 Å². The zero-order valence-corrected chi connectivity index (χ0v) is 16.1. The number of hydrogen-bond donors (Lipinski definition) is 2. The molecule has 0 saturated carbocycles. The van der Waals surface area contributed by atoms with Crippen molar-refractivity contribution in [2.45, 2.75) is 58.9 Å². The number of amides is 1. The first-order chi connectivity index (χ1) is 10.4. The lowest BCUT2D eigenvalue weighted by Gasteiger charge is -2.27. The van der Waals surface area contributed by atoms with Gasteiger partial charge in [0.1, 0.15) is 10.0 Å². The van der Waals surface area contributed by atoms with Crippen LogP contribution in [0.15, 0.2) is 0 Å². The molecule has 132 valence electrons. The first-order valence-electron chi connectivity index (χ1n) is 8.16. The van der Waals surface area contributed by atoms with Crippen LogP contribution in [0.25, 0.3) is 0 Å². The maximum atomic E-state index is 12.1. The molecule has 0 bridgehead atoms. The molecule has 2 heterocycles. The van der Waals surface area contributed by atoms with E-state index in [2.05, 4.69) is 48.5 Å². The Labute approximate surface area is 149 Å². The Balaban J connectivity index is 0.00000264. The topological polar surface area (TPSA) is 66.9 Å². The van der Waals surface area contributed by atoms with Crippen LogP contribution >= 0.6 is 23.7 Å². The first-order valence-corrected chi connectivity index (χ1v) is 8.98. The summed E-state index contributed by atoms with van der Waals surface area (Å²) in [5.41, 5.74) is 0.0163. The number of piperidine rings is 1. The van der Waals surface area contributed by atoms with E-state index >= 15 is 0 Å². The number of nitrogens with one attached hydrogen (secondary N) is 2. The lowest BCUT2D eigenvalue weighted by Crippen LogP contribution is -2.35. The van der Waals surface area contributed by atoms with Crippen molar-refractivity contribution in [3.8, 4) is 0 Å². The molecule has 1 amide bonds. The van der Waals surface area contributed by atoms with Gasteiger partial charge in [-0.15, -0.1) is 22.6 Å². The number of hydrogen-bond acceptors (Lipinski definition) is 5. The molecule has 1 saturated heterocycles. The van der Waals surface area contributed by atoms with Crippen molar-refractivity contribution in [2.24, 2.45) is 11.8 Å². The molecule has 23 heavy (non-hydrogen) atoms. The van der Waals surface area contributed by atoms with Gasteiger partial charge >= 0.3 is 0 Å². The standard InChI is InChI=1S/C16H28N4OS.ClH/c1-11(12-6-5-7-17-9-12)8-13(21)18-10-14-19-20-15(22-14)16(2,3)4;/h11-12,17H,5-10H2,1-4H3,(H,18,21);1H. The third kappa shape index (κ3) is 6.36. The van der Waals surface area contributed by atoms with Crippen LogP contribution in [0.3, 0.4) is 0 Å². The molecule has 1 aliphatic rings. The molecule has 2 atom stereocenters. The molecule has 2 N–H and O–H groups in total. The van der Waals surface area contributed by atoms with Gasteiger partial charge in [-0.3, -0.25) is 4.79 Å². The molecule has 5 nitrogen and oxygen atoms in total. The van der Waals surface area contributed by atoms with Gasteiger partial charge in [0.05, 0.1) is 6.54 Å². The summed E-state index contributed by atoms with van der Waals surface area (Å²) in [6.45, 7) is 11.2. The fourth-order valence-corrected chi connectivity index (χ4v) is 3.54. The van der Waals surface area contributed by atoms with E-state index in [1.807, 2.05) is 0 Å². The Morgan fingerprint density at radius 1 is 1.43 bits per heavy atom. The van der Waals surface area contributed by atoms with Crippen molar-refractivity contribution >= 4 is 29.7 Å². The summed E-state index contributed by atoms with van der Waals surface area (Å²) in [4.78, 5) is 12.1. The molecule has 0 aliphatic carbocycles. The predicted molar refractivity (Wildman–Crippen MR) is 97.1 cm³/mol. The molecule has 7 heteroatoms. The summed E-state index contributed by atoms with van der Waals surface area (Å²) in [7, 11) is 0. The van der Waals surface area contributed by atoms with Gasteiger partial charge in [-0.1, -0.05) is 39.0 Å². The van der Waals surface area contributed by atoms with Crippen LogP contribution < -0.4 is 10.6 Å². The van der Waals surface area contributed by atoms with E-state index in [0.717, 1.165) is 23.1 Å². The number of halogens is 1. The number of rotatable bonds is 5. The molecule has 2 rings (SSSR count). The van der Waals surface area contributed by atoms with E-state index in [0.29, 0.717) is 24.8 Å². The molecule has 1 fully saturated rings. The van der Waals surface area contributed by atoms with Crippen LogP contribution in [0.4, 0.5) is 0 Å². The van der Waals surface area contributed by atoms with E-state index in [-0.39, 0.29) is 23.7 Å². The third-order valence-electron chi connectivity index (χ3n) is 4.19. The summed E-state index contributed by atoms with van der Waals surface area (Å²) >= 11 is 1.58. The lowest BCUT2D eigenvalue weighted by atomic mass is 9.85. The van der Waals surface area contributed by atoms with Gasteiger partial charge in [-0.05, 0) is 37.8 Å². The van der Waals surface area contributed by atoms with Crippen molar-refractivity contribution in [2.75, 3.05) is 13.1 Å². The fourth-order valence-electron chi connectivity index (χ4n) is 2.70. The fraction of sp³-hybridized carbons (Fsp3) is 0.812. The SMILES string of the molecule is CC(CC(=O)NCc1nnc(C(C)(C)C)s1)C1CCCNC1.Cl. The van der Waals surface area contributed by atoms with Crippen molar-refractivity contribution < 1.29 is 4.79 Å². The van der Waals surface area contributed by atoms with Crippen molar-refractivity contribution in [3.05, 3.63) is 10.0 Å². The highest BCUT2D eigenvalue weighted by Crippen LogP contribution is 2.25. The largest absolute Gasteiger partial charge is 0.350 e. The van der Waals surface area contributed by atoms with E-state index in [4.69, 9.17) is 0 Å². The molecule has 2 unspecified atom stereocenters. The summed E-state index contributed by atoms with van der Waals surface area (Å²) < 4.78 is 0. The van der Waals surface area contributed by atoms with Gasteiger partial charge in [0.2, 0.25) is 5.91 Å². The highest BCUT2D eigenvalue weighted by molar-refractivity contribution is 7.11. The Morgan fingerprint density at radius 2 is 2.17 bits per heavy atom. The maximum Gasteiger partial charge on any atom is 0.220 e. The smallest absolute Gasteiger partial charge is 0.220 e. The molecule has 1 aliphatic heterocycles. The van der Waals surface area contributed by atoms with Gasteiger partial charge in [0.15, 0.2) is 0 Å². The maximum absolute atomic E-state index is 12.1. The zero-order chi connectivity index (χ0) is 16.2. The number of carbonyl (C=O) groups excluding carboxylic acids is 1. The van der Waals surface area contributed by atoms with Crippen molar-refractivity contribution in [3.63, 3.8) is 0 Å². The number of nitrogens with zero attached hydrogens (tertiary/aromatic N) is 2. The number of aromatic nitrogens is 2. The van der Waals surface area contributed by atoms with Crippen LogP contribution in [0.5, 0.6) is 0 Å². The minimum Gasteiger partial charge on any atom is -0.350 e. The Morgan fingerprint density at radius 3 is 2.74 bits per heavy atom. The second-order valence-corrected chi connectivity index (χ2v) is 8.38. The minimum atomic E-state index is 0. The van der Waals surface area contributed by atoms with Crippen LogP contribution in [0, 0.1) is 11.8 Å². The average molecular weight is 361 g/mol. The Kier molecular flexibility index (Phi) is 7.90. The molecule has 0 spiro atoms. The molecule has 1 aromatic heterocycles. The first kappa shape index (κ1) is 20.3. The van der Waals surface area contributed by atoms with Crippen molar-refractivity contribution in [1.29, 1.82) is 0 Å². The third-order valence-corrected chi connectivity index (χ3v) is 5.54. The van der Waals surface area contributed by atoms with E-state index < -0.39 is 0 Å². The zero-order valence-electron chi connectivity index (χ0n) is 14.5. The van der Waals surface area contributed by atoms with Gasteiger partial charge in [-0.2, -0.15) is 0 Å². The van der Waals surface area contributed by atoms with E-state index in [1.165, 1.54) is 12.8 Å². The van der Waals surface area contributed by atoms with Gasteiger partial charge < -0.3 is 10.6 Å². The van der Waals surface area contributed by atoms with Crippen LogP contribution in [-0.2, 0) is 16.8 Å². The second-order valence-electron chi connectivity index (χ2n) is 7.32. The molecular weight excluding hydrogens is 332 g/mol. The Bertz CT molecular complexity index is 495. The van der Waals surface area contributed by atoms with Crippen LogP contribution in [0.2, 0.25) is 0 Å². The summed E-state index contributed by atoms with van der Waals surface area (Å²) in [5.74, 6) is 1.16. The predicted octanol–water partition coefficient (Wildman–Crippen LogP) is 2.90. The monoisotopic (exact) mass is 360 g/mol. The lowest BCUT2D eigenvalue weighted by molar-refractivity contribution is -0.122. The molecule has 0 aromatic carbocycles. The van der Waals surface area contributed by atoms with E-state index in [1.54, 1.807) is 11.3 Å². The summed E-state index contributed by atoms with van der Waals surface area (Å²) in [5, 5.41) is 16.7. The van der Waals surface area contributed by atoms with Crippen LogP contribution in [-0.4, -0.2) is 29.2 Å². The summed E-state index contributed by atoms with van der Waals surface area (Å²) in [6.07, 6.45) is 3.04. The average Bonchev–Trinajstić information content (AvgIpc) is 2.95.